The fraction of sp³-hybridized carbons (Fsp3) is 0.292. The van der Waals surface area contributed by atoms with Crippen LogP contribution in [-0.2, 0) is 17.9 Å². The van der Waals surface area contributed by atoms with Gasteiger partial charge < -0.3 is 14.4 Å². The van der Waals surface area contributed by atoms with Crippen LogP contribution in [-0.4, -0.2) is 31.6 Å². The van der Waals surface area contributed by atoms with Gasteiger partial charge in [-0.05, 0) is 41.0 Å². The summed E-state index contributed by atoms with van der Waals surface area (Å²) < 4.78 is 11.1. The van der Waals surface area contributed by atoms with Crippen LogP contribution in [0.2, 0.25) is 0 Å². The van der Waals surface area contributed by atoms with Crippen LogP contribution in [0.3, 0.4) is 0 Å². The van der Waals surface area contributed by atoms with Crippen molar-refractivity contribution in [3.63, 3.8) is 0 Å². The number of fused-ring (bicyclic) bond motifs is 1. The highest BCUT2D eigenvalue weighted by Crippen LogP contribution is 2.29. The molecule has 0 spiro atoms. The van der Waals surface area contributed by atoms with Crippen LogP contribution in [0.1, 0.15) is 34.8 Å². The van der Waals surface area contributed by atoms with Gasteiger partial charge in [0, 0.05) is 31.8 Å². The minimum absolute atomic E-state index is 0.0154. The van der Waals surface area contributed by atoms with Crippen molar-refractivity contribution >= 4 is 16.7 Å². The average molecular weight is 377 g/mol. The first kappa shape index (κ1) is 19.9. The van der Waals surface area contributed by atoms with Crippen molar-refractivity contribution in [3.8, 4) is 5.75 Å². The van der Waals surface area contributed by atoms with Gasteiger partial charge in [-0.3, -0.25) is 4.79 Å². The van der Waals surface area contributed by atoms with E-state index in [1.54, 1.807) is 12.0 Å². The van der Waals surface area contributed by atoms with E-state index in [2.05, 4.69) is 25.1 Å². The molecule has 28 heavy (non-hydrogen) atoms. The number of methoxy groups -OCH3 is 1. The maximum atomic E-state index is 12.9. The van der Waals surface area contributed by atoms with Crippen molar-refractivity contribution < 1.29 is 14.3 Å². The fourth-order valence-electron chi connectivity index (χ4n) is 3.27. The molecule has 0 aliphatic carbocycles. The Kier molecular flexibility index (Phi) is 6.66. The van der Waals surface area contributed by atoms with E-state index in [1.165, 1.54) is 0 Å². The highest BCUT2D eigenvalue weighted by Gasteiger charge is 2.16. The van der Waals surface area contributed by atoms with Crippen molar-refractivity contribution in [2.45, 2.75) is 26.5 Å². The lowest BCUT2D eigenvalue weighted by atomic mass is 10.0. The van der Waals surface area contributed by atoms with Crippen LogP contribution in [0.4, 0.5) is 0 Å². The third kappa shape index (κ3) is 4.52. The second kappa shape index (κ2) is 9.38. The second-order valence-electron chi connectivity index (χ2n) is 6.90. The molecule has 4 nitrogen and oxygen atoms in total. The summed E-state index contributed by atoms with van der Waals surface area (Å²) in [6.07, 6.45) is 0.939. The van der Waals surface area contributed by atoms with Crippen LogP contribution < -0.4 is 4.74 Å². The van der Waals surface area contributed by atoms with Gasteiger partial charge in [0.15, 0.2) is 0 Å². The zero-order valence-corrected chi connectivity index (χ0v) is 16.8. The second-order valence-corrected chi connectivity index (χ2v) is 6.90. The monoisotopic (exact) mass is 377 g/mol. The zero-order valence-electron chi connectivity index (χ0n) is 16.8. The van der Waals surface area contributed by atoms with Crippen LogP contribution in [0.25, 0.3) is 10.8 Å². The molecule has 3 aromatic carbocycles. The van der Waals surface area contributed by atoms with E-state index in [-0.39, 0.29) is 5.91 Å². The molecule has 0 fully saturated rings. The number of hydrogen-bond acceptors (Lipinski definition) is 3. The Morgan fingerprint density at radius 2 is 1.75 bits per heavy atom. The largest absolute Gasteiger partial charge is 0.493 e. The van der Waals surface area contributed by atoms with Gasteiger partial charge in [0.2, 0.25) is 0 Å². The van der Waals surface area contributed by atoms with Crippen LogP contribution in [0.15, 0.2) is 60.7 Å². The zero-order chi connectivity index (χ0) is 19.9. The molecule has 0 saturated carbocycles. The number of carbonyl (C=O) groups is 1. The number of ether oxygens (including phenoxy) is 2. The molecule has 0 aromatic heterocycles. The van der Waals surface area contributed by atoms with Gasteiger partial charge in [0.05, 0.1) is 13.2 Å². The Balaban J connectivity index is 1.86. The molecular weight excluding hydrogens is 350 g/mol. The highest BCUT2D eigenvalue weighted by atomic mass is 16.5. The van der Waals surface area contributed by atoms with Gasteiger partial charge >= 0.3 is 0 Å². The lowest BCUT2D eigenvalue weighted by Crippen LogP contribution is -2.26. The quantitative estimate of drug-likeness (QED) is 0.552. The van der Waals surface area contributed by atoms with Gasteiger partial charge in [0.25, 0.3) is 5.91 Å². The molecule has 0 saturated heterocycles. The first-order chi connectivity index (χ1) is 13.6. The van der Waals surface area contributed by atoms with Gasteiger partial charge in [-0.15, -0.1) is 0 Å². The van der Waals surface area contributed by atoms with E-state index in [0.717, 1.165) is 34.1 Å². The van der Waals surface area contributed by atoms with Crippen LogP contribution >= 0.6 is 0 Å². The Hall–Kier alpha value is -2.85. The van der Waals surface area contributed by atoms with Crippen LogP contribution in [0.5, 0.6) is 5.75 Å². The fourth-order valence-corrected chi connectivity index (χ4v) is 3.27. The molecule has 3 rings (SSSR count). The minimum Gasteiger partial charge on any atom is -0.493 e. The lowest BCUT2D eigenvalue weighted by Gasteiger charge is -2.21. The molecule has 0 radical (unpaired) electrons. The predicted molar refractivity (Wildman–Crippen MR) is 113 cm³/mol. The lowest BCUT2D eigenvalue weighted by molar-refractivity contribution is 0.0784. The number of carbonyl (C=O) groups excluding carboxylic acids is 1. The molecule has 0 unspecified atom stereocenters. The third-order valence-corrected chi connectivity index (χ3v) is 4.71. The minimum atomic E-state index is -0.0154. The van der Waals surface area contributed by atoms with E-state index in [4.69, 9.17) is 9.47 Å². The number of rotatable bonds is 8. The Morgan fingerprint density at radius 1 is 1.00 bits per heavy atom. The van der Waals surface area contributed by atoms with Crippen LogP contribution in [0, 0.1) is 0 Å². The van der Waals surface area contributed by atoms with E-state index in [9.17, 15) is 4.79 Å². The maximum Gasteiger partial charge on any atom is 0.253 e. The van der Waals surface area contributed by atoms with Crippen molar-refractivity contribution in [1.29, 1.82) is 0 Å². The summed E-state index contributed by atoms with van der Waals surface area (Å²) in [6.45, 7) is 3.77. The maximum absolute atomic E-state index is 12.9. The summed E-state index contributed by atoms with van der Waals surface area (Å²) in [5, 5.41) is 2.26. The predicted octanol–water partition coefficient (Wildman–Crippen LogP) is 5.05. The van der Waals surface area contributed by atoms with E-state index >= 15 is 0 Å². The molecule has 0 atom stereocenters. The number of nitrogens with zero attached hydrogens (tertiary/aromatic N) is 1. The number of hydrogen-bond donors (Lipinski definition) is 0. The molecule has 0 aliphatic rings. The molecule has 1 amide bonds. The van der Waals surface area contributed by atoms with E-state index < -0.39 is 0 Å². The first-order valence-corrected chi connectivity index (χ1v) is 9.60. The number of amides is 1. The first-order valence-electron chi connectivity index (χ1n) is 9.60. The molecule has 3 aromatic rings. The van der Waals surface area contributed by atoms with Crippen molar-refractivity contribution in [2.24, 2.45) is 0 Å². The van der Waals surface area contributed by atoms with Gasteiger partial charge in [-0.2, -0.15) is 0 Å². The standard InChI is InChI=1S/C24H27NO3/c1-4-15-28-23-14-13-19-7-5-6-8-21(19)22(23)16-25(2)24(26)20-11-9-18(10-12-20)17-27-3/h5-14H,4,15-17H2,1-3H3. The number of benzene rings is 3. The summed E-state index contributed by atoms with van der Waals surface area (Å²) in [5.74, 6) is 0.828. The van der Waals surface area contributed by atoms with Gasteiger partial charge in [-0.1, -0.05) is 49.4 Å². The van der Waals surface area contributed by atoms with E-state index in [0.29, 0.717) is 25.3 Å². The molecule has 0 heterocycles. The molecule has 0 aliphatic heterocycles. The Labute approximate surface area is 166 Å². The molecule has 0 N–H and O–H groups in total. The molecular formula is C24H27NO3. The average Bonchev–Trinajstić information content (AvgIpc) is 2.73. The Bertz CT molecular complexity index is 934. The van der Waals surface area contributed by atoms with Crippen molar-refractivity contribution in [3.05, 3.63) is 77.4 Å². The summed E-state index contributed by atoms with van der Waals surface area (Å²) in [5.41, 5.74) is 2.75. The van der Waals surface area contributed by atoms with Crippen molar-refractivity contribution in [1.82, 2.24) is 4.90 Å². The summed E-state index contributed by atoms with van der Waals surface area (Å²) >= 11 is 0. The summed E-state index contributed by atoms with van der Waals surface area (Å²) in [7, 11) is 3.49. The summed E-state index contributed by atoms with van der Waals surface area (Å²) in [6, 6.07) is 19.8. The van der Waals surface area contributed by atoms with Gasteiger partial charge in [0.1, 0.15) is 5.75 Å². The van der Waals surface area contributed by atoms with Gasteiger partial charge in [-0.25, -0.2) is 0 Å². The third-order valence-electron chi connectivity index (χ3n) is 4.71. The molecule has 146 valence electrons. The highest BCUT2D eigenvalue weighted by molar-refractivity contribution is 5.95. The molecule has 4 heteroatoms. The summed E-state index contributed by atoms with van der Waals surface area (Å²) in [4.78, 5) is 14.7. The van der Waals surface area contributed by atoms with Crippen molar-refractivity contribution in [2.75, 3.05) is 20.8 Å². The SMILES string of the molecule is CCCOc1ccc2ccccc2c1CN(C)C(=O)c1ccc(COC)cc1. The van der Waals surface area contributed by atoms with E-state index in [1.807, 2.05) is 49.5 Å². The smallest absolute Gasteiger partial charge is 0.253 e. The topological polar surface area (TPSA) is 38.8 Å². The molecule has 0 bridgehead atoms. The normalized spacial score (nSPS) is 10.8. The Morgan fingerprint density at radius 3 is 2.46 bits per heavy atom.